The molecule has 0 heterocycles. The second-order valence-corrected chi connectivity index (χ2v) is 7.77. The molecule has 0 saturated heterocycles. The van der Waals surface area contributed by atoms with E-state index in [-0.39, 0.29) is 19.1 Å². The van der Waals surface area contributed by atoms with Crippen LogP contribution < -0.4 is 20.3 Å². The number of amides is 2. The van der Waals surface area contributed by atoms with Gasteiger partial charge in [0.05, 0.1) is 0 Å². The molecule has 2 aromatic rings. The molecule has 0 radical (unpaired) electrons. The van der Waals surface area contributed by atoms with Crippen molar-refractivity contribution >= 4 is 39.3 Å². The highest BCUT2D eigenvalue weighted by Gasteiger charge is 2.12. The summed E-state index contributed by atoms with van der Waals surface area (Å²) in [4.78, 5) is 23.8. The van der Waals surface area contributed by atoms with Gasteiger partial charge < -0.3 is 9.47 Å². The van der Waals surface area contributed by atoms with E-state index in [9.17, 15) is 9.59 Å². The van der Waals surface area contributed by atoms with Crippen molar-refractivity contribution < 1.29 is 19.1 Å². The van der Waals surface area contributed by atoms with E-state index >= 15 is 0 Å². The molecule has 2 rings (SSSR count). The third kappa shape index (κ3) is 6.73. The summed E-state index contributed by atoms with van der Waals surface area (Å²) in [6.07, 6.45) is 0. The minimum atomic E-state index is -0.491. The number of halogens is 2. The Kier molecular flexibility index (Phi) is 8.14. The Morgan fingerprint density at radius 1 is 1.00 bits per heavy atom. The second-order valence-electron chi connectivity index (χ2n) is 6.42. The molecule has 6 nitrogen and oxygen atoms in total. The van der Waals surface area contributed by atoms with Crippen LogP contribution in [0.1, 0.15) is 30.9 Å². The van der Waals surface area contributed by atoms with Crippen molar-refractivity contribution in [3.05, 3.63) is 57.0 Å². The van der Waals surface area contributed by atoms with Crippen LogP contribution in [0.15, 0.2) is 40.9 Å². The average Bonchev–Trinajstić information content (AvgIpc) is 2.64. The van der Waals surface area contributed by atoms with Crippen LogP contribution in [0.2, 0.25) is 5.02 Å². The molecule has 0 fully saturated rings. The first-order valence-corrected chi connectivity index (χ1v) is 9.82. The van der Waals surface area contributed by atoms with E-state index in [2.05, 4.69) is 26.8 Å². The molecule has 0 aliphatic carbocycles. The highest BCUT2D eigenvalue weighted by atomic mass is 79.9. The maximum Gasteiger partial charge on any atom is 0.276 e. The van der Waals surface area contributed by atoms with Gasteiger partial charge in [-0.1, -0.05) is 41.4 Å². The third-order valence-corrected chi connectivity index (χ3v) is 4.52. The van der Waals surface area contributed by atoms with Gasteiger partial charge in [-0.05, 0) is 60.4 Å². The number of aryl methyl sites for hydroxylation is 1. The van der Waals surface area contributed by atoms with E-state index in [0.29, 0.717) is 16.5 Å². The topological polar surface area (TPSA) is 76.7 Å². The van der Waals surface area contributed by atoms with E-state index in [1.165, 1.54) is 0 Å². The molecular formula is C20H22BrClN2O4. The van der Waals surface area contributed by atoms with Crippen LogP contribution in [0.25, 0.3) is 0 Å². The van der Waals surface area contributed by atoms with E-state index in [1.807, 2.05) is 32.9 Å². The first kappa shape index (κ1) is 22.0. The summed E-state index contributed by atoms with van der Waals surface area (Å²) in [7, 11) is 0. The number of nitrogens with one attached hydrogen (secondary N) is 2. The standard InChI is InChI=1S/C20H22BrClN2O4/c1-12(2)16-9-14(21)4-6-18(16)28-11-20(26)24-23-19(25)10-27-17-7-5-15(22)8-13(17)3/h4-9,12H,10-11H2,1-3H3,(H,23,25)(H,24,26). The number of rotatable bonds is 7. The summed E-state index contributed by atoms with van der Waals surface area (Å²) in [6, 6.07) is 10.7. The molecule has 0 aromatic heterocycles. The highest BCUT2D eigenvalue weighted by molar-refractivity contribution is 9.10. The second kappa shape index (κ2) is 10.3. The lowest BCUT2D eigenvalue weighted by Crippen LogP contribution is -2.45. The van der Waals surface area contributed by atoms with Crippen LogP contribution in [0.4, 0.5) is 0 Å². The van der Waals surface area contributed by atoms with E-state index in [4.69, 9.17) is 21.1 Å². The van der Waals surface area contributed by atoms with Crippen LogP contribution >= 0.6 is 27.5 Å². The molecule has 2 N–H and O–H groups in total. The van der Waals surface area contributed by atoms with E-state index < -0.39 is 11.8 Å². The molecule has 0 unspecified atom stereocenters. The minimum Gasteiger partial charge on any atom is -0.483 e. The molecule has 150 valence electrons. The minimum absolute atomic E-state index is 0.223. The zero-order valence-electron chi connectivity index (χ0n) is 15.8. The Labute approximate surface area is 177 Å². The predicted molar refractivity (Wildman–Crippen MR) is 112 cm³/mol. The average molecular weight is 470 g/mol. The summed E-state index contributed by atoms with van der Waals surface area (Å²) in [5.41, 5.74) is 6.39. The van der Waals surface area contributed by atoms with Gasteiger partial charge in [0.1, 0.15) is 11.5 Å². The fourth-order valence-corrected chi connectivity index (χ4v) is 2.98. The molecule has 0 saturated carbocycles. The number of carbonyl (C=O) groups excluding carboxylic acids is 2. The normalized spacial score (nSPS) is 10.5. The number of ether oxygens (including phenoxy) is 2. The smallest absolute Gasteiger partial charge is 0.276 e. The number of carbonyl (C=O) groups is 2. The Morgan fingerprint density at radius 2 is 1.57 bits per heavy atom. The number of hydrogen-bond donors (Lipinski definition) is 2. The zero-order valence-corrected chi connectivity index (χ0v) is 18.2. The maximum atomic E-state index is 11.9. The van der Waals surface area contributed by atoms with Crippen molar-refractivity contribution in [2.24, 2.45) is 0 Å². The van der Waals surface area contributed by atoms with Gasteiger partial charge in [-0.25, -0.2) is 0 Å². The first-order chi connectivity index (χ1) is 13.3. The van der Waals surface area contributed by atoms with Crippen LogP contribution in [-0.4, -0.2) is 25.0 Å². The van der Waals surface area contributed by atoms with Gasteiger partial charge in [-0.15, -0.1) is 0 Å². The number of benzene rings is 2. The molecule has 0 bridgehead atoms. The number of hydrogen-bond acceptors (Lipinski definition) is 4. The largest absolute Gasteiger partial charge is 0.483 e. The zero-order chi connectivity index (χ0) is 20.7. The van der Waals surface area contributed by atoms with Gasteiger partial charge in [0, 0.05) is 9.50 Å². The summed E-state index contributed by atoms with van der Waals surface area (Å²) < 4.78 is 11.9. The Bertz CT molecular complexity index is 858. The molecule has 0 spiro atoms. The lowest BCUT2D eigenvalue weighted by molar-refractivity contribution is -0.131. The molecule has 2 aromatic carbocycles. The Morgan fingerprint density at radius 3 is 2.14 bits per heavy atom. The summed E-state index contributed by atoms with van der Waals surface area (Å²) in [5.74, 6) is 0.443. The van der Waals surface area contributed by atoms with Crippen LogP contribution in [0, 0.1) is 6.92 Å². The monoisotopic (exact) mass is 468 g/mol. The number of hydrazine groups is 1. The summed E-state index contributed by atoms with van der Waals surface area (Å²) in [6.45, 7) is 5.44. The predicted octanol–water partition coefficient (Wildman–Crippen LogP) is 4.14. The van der Waals surface area contributed by atoms with Crippen LogP contribution in [0.3, 0.4) is 0 Å². The van der Waals surface area contributed by atoms with Crippen molar-refractivity contribution in [1.29, 1.82) is 0 Å². The van der Waals surface area contributed by atoms with Crippen molar-refractivity contribution in [2.75, 3.05) is 13.2 Å². The van der Waals surface area contributed by atoms with Crippen molar-refractivity contribution in [2.45, 2.75) is 26.7 Å². The van der Waals surface area contributed by atoms with Crippen LogP contribution in [0.5, 0.6) is 11.5 Å². The van der Waals surface area contributed by atoms with Crippen molar-refractivity contribution in [3.63, 3.8) is 0 Å². The lowest BCUT2D eigenvalue weighted by Gasteiger charge is -2.15. The molecule has 0 atom stereocenters. The SMILES string of the molecule is Cc1cc(Cl)ccc1OCC(=O)NNC(=O)COc1ccc(Br)cc1C(C)C. The third-order valence-electron chi connectivity index (χ3n) is 3.79. The Hall–Kier alpha value is -2.25. The van der Waals surface area contributed by atoms with E-state index in [0.717, 1.165) is 15.6 Å². The van der Waals surface area contributed by atoms with Gasteiger partial charge in [0.25, 0.3) is 11.8 Å². The lowest BCUT2D eigenvalue weighted by atomic mass is 10.0. The molecular weight excluding hydrogens is 448 g/mol. The van der Waals surface area contributed by atoms with Gasteiger partial charge >= 0.3 is 0 Å². The van der Waals surface area contributed by atoms with Gasteiger partial charge in [0.15, 0.2) is 13.2 Å². The Balaban J connectivity index is 1.77. The fraction of sp³-hybridized carbons (Fsp3) is 0.300. The molecule has 0 aliphatic heterocycles. The molecule has 28 heavy (non-hydrogen) atoms. The van der Waals surface area contributed by atoms with Crippen molar-refractivity contribution in [3.8, 4) is 11.5 Å². The maximum absolute atomic E-state index is 11.9. The fourth-order valence-electron chi connectivity index (χ4n) is 2.37. The molecule has 8 heteroatoms. The molecule has 0 aliphatic rings. The van der Waals surface area contributed by atoms with Gasteiger partial charge in [0.2, 0.25) is 0 Å². The summed E-state index contributed by atoms with van der Waals surface area (Å²) >= 11 is 9.30. The first-order valence-electron chi connectivity index (χ1n) is 8.65. The van der Waals surface area contributed by atoms with Gasteiger partial charge in [-0.2, -0.15) is 0 Å². The molecule has 2 amide bonds. The van der Waals surface area contributed by atoms with E-state index in [1.54, 1.807) is 24.3 Å². The van der Waals surface area contributed by atoms with Gasteiger partial charge in [-0.3, -0.25) is 20.4 Å². The summed E-state index contributed by atoms with van der Waals surface area (Å²) in [5, 5.41) is 0.591. The highest BCUT2D eigenvalue weighted by Crippen LogP contribution is 2.29. The van der Waals surface area contributed by atoms with Crippen LogP contribution in [-0.2, 0) is 9.59 Å². The quantitative estimate of drug-likeness (QED) is 0.598. The van der Waals surface area contributed by atoms with Crippen molar-refractivity contribution in [1.82, 2.24) is 10.9 Å².